The molecule has 1 aliphatic carbocycles. The fourth-order valence-electron chi connectivity index (χ4n) is 2.85. The van der Waals surface area contributed by atoms with Crippen LogP contribution in [0.3, 0.4) is 0 Å². The van der Waals surface area contributed by atoms with E-state index in [1.165, 1.54) is 24.8 Å². The summed E-state index contributed by atoms with van der Waals surface area (Å²) in [6.07, 6.45) is 6.70. The zero-order chi connectivity index (χ0) is 13.3. The molecule has 2 N–H and O–H groups in total. The number of amides is 1. The molecule has 1 aliphatic heterocycles. The van der Waals surface area contributed by atoms with Gasteiger partial charge in [-0.2, -0.15) is 11.8 Å². The third-order valence-electron chi connectivity index (χ3n) is 4.37. The minimum atomic E-state index is -0.101. The molecule has 1 amide bonds. The minimum Gasteiger partial charge on any atom is -0.373 e. The molecule has 2 aliphatic rings. The summed E-state index contributed by atoms with van der Waals surface area (Å²) in [4.78, 5) is 12.2. The molecule has 0 radical (unpaired) electrons. The Kier molecular flexibility index (Phi) is 3.44. The van der Waals surface area contributed by atoms with Gasteiger partial charge >= 0.3 is 0 Å². The van der Waals surface area contributed by atoms with Crippen LogP contribution in [-0.4, -0.2) is 29.5 Å². The van der Waals surface area contributed by atoms with Gasteiger partial charge in [0.25, 0.3) is 0 Å². The maximum atomic E-state index is 12.2. The van der Waals surface area contributed by atoms with Crippen LogP contribution in [0.4, 0.5) is 5.69 Å². The van der Waals surface area contributed by atoms with Crippen LogP contribution in [0.15, 0.2) is 24.3 Å². The Hall–Kier alpha value is -1.16. The number of para-hydroxylation sites is 1. The standard InChI is InChI=1S/C15H20N2OS/c1-19-15(7-4-8-15)10-16-14(18)13-9-11-5-2-3-6-12(11)17-13/h2-3,5-6,13,17H,4,7-10H2,1H3,(H,16,18)/t13-/m0/s1. The van der Waals surface area contributed by atoms with Crippen molar-refractivity contribution in [3.05, 3.63) is 29.8 Å². The first-order valence-corrected chi connectivity index (χ1v) is 8.12. The van der Waals surface area contributed by atoms with Crippen molar-refractivity contribution >= 4 is 23.4 Å². The molecule has 1 atom stereocenters. The normalized spacial score (nSPS) is 23.1. The van der Waals surface area contributed by atoms with Crippen LogP contribution in [0.1, 0.15) is 24.8 Å². The van der Waals surface area contributed by atoms with Crippen molar-refractivity contribution in [2.75, 3.05) is 18.1 Å². The second-order valence-electron chi connectivity index (χ2n) is 5.52. The maximum Gasteiger partial charge on any atom is 0.242 e. The number of carbonyl (C=O) groups excluding carboxylic acids is 1. The highest BCUT2D eigenvalue weighted by atomic mass is 32.2. The van der Waals surface area contributed by atoms with E-state index >= 15 is 0 Å². The van der Waals surface area contributed by atoms with Gasteiger partial charge < -0.3 is 10.6 Å². The molecule has 1 heterocycles. The van der Waals surface area contributed by atoms with Crippen LogP contribution >= 0.6 is 11.8 Å². The van der Waals surface area contributed by atoms with Crippen LogP contribution in [0.25, 0.3) is 0 Å². The molecular weight excluding hydrogens is 256 g/mol. The number of nitrogens with one attached hydrogen (secondary N) is 2. The van der Waals surface area contributed by atoms with E-state index in [0.717, 1.165) is 18.7 Å². The summed E-state index contributed by atoms with van der Waals surface area (Å²) in [5.41, 5.74) is 2.34. The predicted molar refractivity (Wildman–Crippen MR) is 80.7 cm³/mol. The molecule has 1 aromatic rings. The Bertz CT molecular complexity index is 454. The Balaban J connectivity index is 1.55. The van der Waals surface area contributed by atoms with E-state index < -0.39 is 0 Å². The third kappa shape index (κ3) is 2.46. The van der Waals surface area contributed by atoms with Crippen molar-refractivity contribution in [1.82, 2.24) is 5.32 Å². The molecule has 0 bridgehead atoms. The summed E-state index contributed by atoms with van der Waals surface area (Å²) in [6, 6.07) is 8.06. The highest BCUT2D eigenvalue weighted by molar-refractivity contribution is 8.00. The third-order valence-corrected chi connectivity index (χ3v) is 5.79. The monoisotopic (exact) mass is 276 g/mol. The number of thioether (sulfide) groups is 1. The molecule has 4 heteroatoms. The largest absolute Gasteiger partial charge is 0.373 e. The summed E-state index contributed by atoms with van der Waals surface area (Å²) in [7, 11) is 0. The van der Waals surface area contributed by atoms with Gasteiger partial charge in [0.1, 0.15) is 6.04 Å². The zero-order valence-electron chi connectivity index (χ0n) is 11.2. The molecule has 0 aromatic heterocycles. The first kappa shape index (κ1) is 12.9. The molecule has 102 valence electrons. The van der Waals surface area contributed by atoms with Gasteiger partial charge in [-0.25, -0.2) is 0 Å². The number of anilines is 1. The summed E-state index contributed by atoms with van der Waals surface area (Å²) < 4.78 is 0.307. The summed E-state index contributed by atoms with van der Waals surface area (Å²) in [5.74, 6) is 0.136. The SMILES string of the molecule is CSC1(CNC(=O)[C@@H]2Cc3ccccc3N2)CCC1. The van der Waals surface area contributed by atoms with Gasteiger partial charge in [-0.15, -0.1) is 0 Å². The van der Waals surface area contributed by atoms with Gasteiger partial charge in [0.15, 0.2) is 0 Å². The molecule has 0 saturated heterocycles. The van der Waals surface area contributed by atoms with Crippen LogP contribution in [0.5, 0.6) is 0 Å². The van der Waals surface area contributed by atoms with E-state index in [4.69, 9.17) is 0 Å². The lowest BCUT2D eigenvalue weighted by Crippen LogP contribution is -2.48. The van der Waals surface area contributed by atoms with E-state index in [1.54, 1.807) is 0 Å². The number of carbonyl (C=O) groups is 1. The van der Waals surface area contributed by atoms with Crippen molar-refractivity contribution in [1.29, 1.82) is 0 Å². The first-order valence-electron chi connectivity index (χ1n) is 6.90. The Morgan fingerprint density at radius 1 is 1.47 bits per heavy atom. The molecule has 19 heavy (non-hydrogen) atoms. The highest BCUT2D eigenvalue weighted by Crippen LogP contribution is 2.42. The van der Waals surface area contributed by atoms with E-state index in [2.05, 4.69) is 23.0 Å². The van der Waals surface area contributed by atoms with E-state index in [9.17, 15) is 4.79 Å². The van der Waals surface area contributed by atoms with Crippen molar-refractivity contribution in [3.63, 3.8) is 0 Å². The number of hydrogen-bond acceptors (Lipinski definition) is 3. The molecule has 1 aromatic carbocycles. The summed E-state index contributed by atoms with van der Waals surface area (Å²) >= 11 is 1.90. The average molecular weight is 276 g/mol. The van der Waals surface area contributed by atoms with Crippen molar-refractivity contribution in [2.24, 2.45) is 0 Å². The maximum absolute atomic E-state index is 12.2. The number of hydrogen-bond donors (Lipinski definition) is 2. The van der Waals surface area contributed by atoms with E-state index in [1.807, 2.05) is 30.0 Å². The van der Waals surface area contributed by atoms with Crippen LogP contribution < -0.4 is 10.6 Å². The molecule has 0 spiro atoms. The minimum absolute atomic E-state index is 0.101. The van der Waals surface area contributed by atoms with E-state index in [0.29, 0.717) is 4.75 Å². The number of rotatable bonds is 4. The van der Waals surface area contributed by atoms with Crippen molar-refractivity contribution in [3.8, 4) is 0 Å². The molecule has 0 unspecified atom stereocenters. The summed E-state index contributed by atoms with van der Waals surface area (Å²) in [5, 5.41) is 6.44. The smallest absolute Gasteiger partial charge is 0.242 e. The molecular formula is C15H20N2OS. The predicted octanol–water partition coefficient (Wildman–Crippen LogP) is 2.43. The number of benzene rings is 1. The topological polar surface area (TPSA) is 41.1 Å². The lowest BCUT2D eigenvalue weighted by molar-refractivity contribution is -0.121. The van der Waals surface area contributed by atoms with Crippen molar-refractivity contribution < 1.29 is 4.79 Å². The lowest BCUT2D eigenvalue weighted by atomic mass is 9.84. The van der Waals surface area contributed by atoms with E-state index in [-0.39, 0.29) is 11.9 Å². The van der Waals surface area contributed by atoms with Gasteiger partial charge in [0, 0.05) is 23.4 Å². The summed E-state index contributed by atoms with van der Waals surface area (Å²) in [6.45, 7) is 0.807. The fraction of sp³-hybridized carbons (Fsp3) is 0.533. The Morgan fingerprint density at radius 2 is 2.26 bits per heavy atom. The first-order chi connectivity index (χ1) is 9.22. The Labute approximate surface area is 118 Å². The Morgan fingerprint density at radius 3 is 2.89 bits per heavy atom. The van der Waals surface area contributed by atoms with Crippen LogP contribution in [-0.2, 0) is 11.2 Å². The molecule has 1 fully saturated rings. The van der Waals surface area contributed by atoms with Crippen molar-refractivity contribution in [2.45, 2.75) is 36.5 Å². The molecule has 1 saturated carbocycles. The molecule has 3 rings (SSSR count). The zero-order valence-corrected chi connectivity index (χ0v) is 12.1. The molecule has 3 nitrogen and oxygen atoms in total. The highest BCUT2D eigenvalue weighted by Gasteiger charge is 2.37. The van der Waals surface area contributed by atoms with Gasteiger partial charge in [-0.1, -0.05) is 24.6 Å². The van der Waals surface area contributed by atoms with Crippen LogP contribution in [0, 0.1) is 0 Å². The van der Waals surface area contributed by atoms with Gasteiger partial charge in [-0.3, -0.25) is 4.79 Å². The number of fused-ring (bicyclic) bond motifs is 1. The quantitative estimate of drug-likeness (QED) is 0.887. The average Bonchev–Trinajstić information content (AvgIpc) is 2.81. The second-order valence-corrected chi connectivity index (χ2v) is 6.79. The van der Waals surface area contributed by atoms with Gasteiger partial charge in [0.2, 0.25) is 5.91 Å². The fourth-order valence-corrected chi connectivity index (χ4v) is 3.77. The lowest BCUT2D eigenvalue weighted by Gasteiger charge is -2.40. The van der Waals surface area contributed by atoms with Gasteiger partial charge in [-0.05, 0) is 30.7 Å². The second kappa shape index (κ2) is 5.08. The van der Waals surface area contributed by atoms with Crippen LogP contribution in [0.2, 0.25) is 0 Å². The van der Waals surface area contributed by atoms with Gasteiger partial charge in [0.05, 0.1) is 0 Å².